The molecule has 1 heterocycles. The van der Waals surface area contributed by atoms with Crippen molar-refractivity contribution >= 4 is 33.0 Å². The van der Waals surface area contributed by atoms with E-state index >= 15 is 0 Å². The largest absolute Gasteiger partial charge is 0.391 e. The van der Waals surface area contributed by atoms with E-state index in [0.29, 0.717) is 4.34 Å². The Morgan fingerprint density at radius 3 is 2.57 bits per heavy atom. The molecule has 120 valence electrons. The van der Waals surface area contributed by atoms with Gasteiger partial charge in [-0.05, 0) is 30.9 Å². The standard InChI is InChI=1S/C12H16ClF2NO3S2/c13-10-1-2-11(20-10)21(18,19)16-7-9(17)8-3-5-12(14,15)6-4-8/h1-2,8-9,16-17H,3-7H2. The molecule has 1 unspecified atom stereocenters. The first-order chi connectivity index (χ1) is 9.70. The van der Waals surface area contributed by atoms with Gasteiger partial charge in [0.2, 0.25) is 15.9 Å². The van der Waals surface area contributed by atoms with Gasteiger partial charge < -0.3 is 5.11 Å². The Morgan fingerprint density at radius 2 is 2.05 bits per heavy atom. The second-order valence-electron chi connectivity index (χ2n) is 5.17. The third-order valence-electron chi connectivity index (χ3n) is 3.60. The van der Waals surface area contributed by atoms with E-state index in [2.05, 4.69) is 4.72 Å². The van der Waals surface area contributed by atoms with Crippen LogP contribution in [-0.2, 0) is 10.0 Å². The van der Waals surface area contributed by atoms with Crippen LogP contribution < -0.4 is 4.72 Å². The molecule has 1 aliphatic carbocycles. The Kier molecular flexibility index (Phi) is 5.25. The van der Waals surface area contributed by atoms with Crippen LogP contribution in [0, 0.1) is 5.92 Å². The molecule has 0 radical (unpaired) electrons. The summed E-state index contributed by atoms with van der Waals surface area (Å²) >= 11 is 6.60. The maximum Gasteiger partial charge on any atom is 0.250 e. The zero-order valence-corrected chi connectivity index (χ0v) is 13.4. The Balaban J connectivity index is 1.88. The molecule has 9 heteroatoms. The summed E-state index contributed by atoms with van der Waals surface area (Å²) in [7, 11) is -3.72. The Hall–Kier alpha value is -0.280. The maximum atomic E-state index is 13.0. The molecule has 4 nitrogen and oxygen atoms in total. The summed E-state index contributed by atoms with van der Waals surface area (Å²) < 4.78 is 52.7. The predicted octanol–water partition coefficient (Wildman–Crippen LogP) is 2.87. The van der Waals surface area contributed by atoms with E-state index in [0.717, 1.165) is 11.3 Å². The number of halogens is 3. The van der Waals surface area contributed by atoms with Crippen LogP contribution in [0.1, 0.15) is 25.7 Å². The van der Waals surface area contributed by atoms with Crippen LogP contribution in [-0.4, -0.2) is 32.1 Å². The topological polar surface area (TPSA) is 66.4 Å². The molecule has 0 aliphatic heterocycles. The number of aliphatic hydroxyl groups is 1. The first-order valence-electron chi connectivity index (χ1n) is 6.50. The van der Waals surface area contributed by atoms with E-state index in [1.165, 1.54) is 12.1 Å². The summed E-state index contributed by atoms with van der Waals surface area (Å²) in [5.41, 5.74) is 0. The van der Waals surface area contributed by atoms with Gasteiger partial charge in [-0.1, -0.05) is 11.6 Å². The van der Waals surface area contributed by atoms with Crippen LogP contribution >= 0.6 is 22.9 Å². The number of hydrogen-bond acceptors (Lipinski definition) is 4. The van der Waals surface area contributed by atoms with Gasteiger partial charge in [0.1, 0.15) is 4.21 Å². The summed E-state index contributed by atoms with van der Waals surface area (Å²) in [4.78, 5) is 0. The second-order valence-corrected chi connectivity index (χ2v) is 8.88. The third-order valence-corrected chi connectivity index (χ3v) is 6.75. The highest BCUT2D eigenvalue weighted by atomic mass is 35.5. The van der Waals surface area contributed by atoms with Crippen LogP contribution in [0.15, 0.2) is 16.3 Å². The minimum Gasteiger partial charge on any atom is -0.391 e. The summed E-state index contributed by atoms with van der Waals surface area (Å²) in [5, 5.41) is 9.97. The summed E-state index contributed by atoms with van der Waals surface area (Å²) in [5.74, 6) is -2.97. The van der Waals surface area contributed by atoms with Crippen molar-refractivity contribution in [2.75, 3.05) is 6.54 Å². The normalized spacial score (nSPS) is 21.3. The number of alkyl halides is 2. The van der Waals surface area contributed by atoms with Crippen molar-refractivity contribution in [1.29, 1.82) is 0 Å². The summed E-state index contributed by atoms with van der Waals surface area (Å²) in [6.45, 7) is -0.186. The molecule has 0 saturated heterocycles. The number of rotatable bonds is 5. The van der Waals surface area contributed by atoms with E-state index in [1.807, 2.05) is 0 Å². The van der Waals surface area contributed by atoms with Gasteiger partial charge in [0, 0.05) is 19.4 Å². The fourth-order valence-electron chi connectivity index (χ4n) is 2.32. The van der Waals surface area contributed by atoms with Crippen LogP contribution in [0.25, 0.3) is 0 Å². The van der Waals surface area contributed by atoms with Crippen molar-refractivity contribution in [2.24, 2.45) is 5.92 Å². The molecular formula is C12H16ClF2NO3S2. The molecule has 1 aromatic heterocycles. The molecule has 0 amide bonds. The van der Waals surface area contributed by atoms with E-state index < -0.39 is 22.0 Å². The van der Waals surface area contributed by atoms with Crippen molar-refractivity contribution in [3.8, 4) is 0 Å². The van der Waals surface area contributed by atoms with Gasteiger partial charge >= 0.3 is 0 Å². The molecular weight excluding hydrogens is 344 g/mol. The number of hydrogen-bond donors (Lipinski definition) is 2. The Morgan fingerprint density at radius 1 is 1.43 bits per heavy atom. The second kappa shape index (κ2) is 6.45. The average molecular weight is 360 g/mol. The number of aliphatic hydroxyl groups excluding tert-OH is 1. The van der Waals surface area contributed by atoms with Gasteiger partial charge in [-0.3, -0.25) is 0 Å². The molecule has 1 fully saturated rings. The molecule has 1 aromatic rings. The van der Waals surface area contributed by atoms with Crippen molar-refractivity contribution in [3.05, 3.63) is 16.5 Å². The van der Waals surface area contributed by atoms with Crippen LogP contribution in [0.4, 0.5) is 8.78 Å². The number of sulfonamides is 1. The van der Waals surface area contributed by atoms with Crippen LogP contribution in [0.3, 0.4) is 0 Å². The van der Waals surface area contributed by atoms with Crippen molar-refractivity contribution in [3.63, 3.8) is 0 Å². The maximum absolute atomic E-state index is 13.0. The number of nitrogens with one attached hydrogen (secondary N) is 1. The highest BCUT2D eigenvalue weighted by molar-refractivity contribution is 7.91. The van der Waals surface area contributed by atoms with Gasteiger partial charge in [-0.15, -0.1) is 11.3 Å². The fraction of sp³-hybridized carbons (Fsp3) is 0.667. The number of thiophene rings is 1. The lowest BCUT2D eigenvalue weighted by Crippen LogP contribution is -2.39. The van der Waals surface area contributed by atoms with E-state index in [-0.39, 0.29) is 42.4 Å². The fourth-order valence-corrected chi connectivity index (χ4v) is 4.90. The highest BCUT2D eigenvalue weighted by Crippen LogP contribution is 2.37. The van der Waals surface area contributed by atoms with E-state index in [1.54, 1.807) is 0 Å². The molecule has 2 rings (SSSR count). The van der Waals surface area contributed by atoms with Crippen molar-refractivity contribution < 1.29 is 22.3 Å². The molecule has 21 heavy (non-hydrogen) atoms. The molecule has 1 atom stereocenters. The lowest BCUT2D eigenvalue weighted by molar-refractivity contribution is -0.0613. The highest BCUT2D eigenvalue weighted by Gasteiger charge is 2.37. The minimum atomic E-state index is -3.72. The molecule has 0 aromatic carbocycles. The van der Waals surface area contributed by atoms with Crippen molar-refractivity contribution in [1.82, 2.24) is 4.72 Å². The minimum absolute atomic E-state index is 0.0647. The lowest BCUT2D eigenvalue weighted by Gasteiger charge is -2.31. The van der Waals surface area contributed by atoms with Gasteiger partial charge in [0.25, 0.3) is 0 Å². The van der Waals surface area contributed by atoms with Crippen LogP contribution in [0.2, 0.25) is 4.34 Å². The van der Waals surface area contributed by atoms with Crippen molar-refractivity contribution in [2.45, 2.75) is 41.9 Å². The van der Waals surface area contributed by atoms with Gasteiger partial charge in [0.15, 0.2) is 0 Å². The molecule has 0 spiro atoms. The zero-order valence-electron chi connectivity index (χ0n) is 11.1. The summed E-state index contributed by atoms with van der Waals surface area (Å²) in [6.07, 6.45) is -1.10. The quantitative estimate of drug-likeness (QED) is 0.849. The van der Waals surface area contributed by atoms with Gasteiger partial charge in [-0.25, -0.2) is 21.9 Å². The molecule has 0 bridgehead atoms. The molecule has 1 saturated carbocycles. The average Bonchev–Trinajstić information content (AvgIpc) is 2.83. The van der Waals surface area contributed by atoms with E-state index in [9.17, 15) is 22.3 Å². The Labute approximate surface area is 131 Å². The summed E-state index contributed by atoms with van der Waals surface area (Å²) in [6, 6.07) is 2.85. The van der Waals surface area contributed by atoms with E-state index in [4.69, 9.17) is 11.6 Å². The SMILES string of the molecule is O=S(=O)(NCC(O)C1CCC(F)(F)CC1)c1ccc(Cl)s1. The first kappa shape index (κ1) is 17.1. The predicted molar refractivity (Wildman–Crippen MR) is 77.4 cm³/mol. The van der Waals surface area contributed by atoms with Gasteiger partial charge in [0.05, 0.1) is 10.4 Å². The third kappa shape index (κ3) is 4.59. The zero-order chi connectivity index (χ0) is 15.7. The van der Waals surface area contributed by atoms with Gasteiger partial charge in [-0.2, -0.15) is 0 Å². The first-order valence-corrected chi connectivity index (χ1v) is 9.18. The molecule has 1 aliphatic rings. The monoisotopic (exact) mass is 359 g/mol. The lowest BCUT2D eigenvalue weighted by atomic mass is 9.83. The molecule has 2 N–H and O–H groups in total. The van der Waals surface area contributed by atoms with Crippen LogP contribution in [0.5, 0.6) is 0 Å². The smallest absolute Gasteiger partial charge is 0.250 e. The Bertz CT molecular complexity index is 581.